The van der Waals surface area contributed by atoms with E-state index in [2.05, 4.69) is 43.3 Å². The van der Waals surface area contributed by atoms with E-state index >= 15 is 0 Å². The van der Waals surface area contributed by atoms with Crippen LogP contribution in [0.3, 0.4) is 0 Å². The summed E-state index contributed by atoms with van der Waals surface area (Å²) in [6.45, 7) is 2.06. The second kappa shape index (κ2) is 15.4. The third kappa shape index (κ3) is 7.63. The van der Waals surface area contributed by atoms with Crippen molar-refractivity contribution in [3.63, 3.8) is 0 Å². The molecule has 8 rings (SSSR count). The van der Waals surface area contributed by atoms with Gasteiger partial charge in [0.2, 0.25) is 0 Å². The summed E-state index contributed by atoms with van der Waals surface area (Å²) in [7, 11) is 4.94. The van der Waals surface area contributed by atoms with Gasteiger partial charge in [-0.3, -0.25) is 0 Å². The van der Waals surface area contributed by atoms with Gasteiger partial charge in [-0.2, -0.15) is 0 Å². The zero-order valence-corrected chi connectivity index (χ0v) is 30.8. The Labute approximate surface area is 319 Å². The number of hydrogen-bond acceptors (Lipinski definition) is 9. The number of hydrogen-bond donors (Lipinski definition) is 0. The molecule has 55 heavy (non-hydrogen) atoms. The van der Waals surface area contributed by atoms with Crippen molar-refractivity contribution in [3.8, 4) is 96.7 Å². The maximum Gasteiger partial charge on any atom is 0.164 e. The molecule has 9 heteroatoms. The molecule has 0 aliphatic rings. The molecule has 268 valence electrons. The Morgan fingerprint density at radius 3 is 0.873 bits per heavy atom. The number of aryl methyl sites for hydroxylation is 1. The summed E-state index contributed by atoms with van der Waals surface area (Å²) in [5, 5.41) is 0. The first kappa shape index (κ1) is 34.8. The lowest BCUT2D eigenvalue weighted by Gasteiger charge is -2.11. The van der Waals surface area contributed by atoms with Crippen LogP contribution in [0.15, 0.2) is 146 Å². The molecule has 8 aromatic rings. The van der Waals surface area contributed by atoms with Crippen LogP contribution in [0.2, 0.25) is 0 Å². The highest BCUT2D eigenvalue weighted by Crippen LogP contribution is 2.31. The van der Waals surface area contributed by atoms with Gasteiger partial charge in [-0.15, -0.1) is 0 Å². The highest BCUT2D eigenvalue weighted by atomic mass is 16.5. The van der Waals surface area contributed by atoms with Crippen LogP contribution in [0.4, 0.5) is 0 Å². The first-order valence-corrected chi connectivity index (χ1v) is 17.7. The Morgan fingerprint density at radius 2 is 0.564 bits per heavy atom. The average molecular weight is 721 g/mol. The highest BCUT2D eigenvalue weighted by molar-refractivity contribution is 5.74. The molecule has 2 heterocycles. The lowest BCUT2D eigenvalue weighted by atomic mass is 10.0. The Balaban J connectivity index is 1.13. The Bertz CT molecular complexity index is 2560. The van der Waals surface area contributed by atoms with Crippen LogP contribution >= 0.6 is 0 Å². The van der Waals surface area contributed by atoms with Crippen molar-refractivity contribution >= 4 is 0 Å². The van der Waals surface area contributed by atoms with E-state index in [-0.39, 0.29) is 0 Å². The maximum atomic E-state index is 5.48. The molecule has 0 saturated heterocycles. The molecule has 0 aliphatic carbocycles. The average Bonchev–Trinajstić information content (AvgIpc) is 3.26. The van der Waals surface area contributed by atoms with Gasteiger partial charge in [0.05, 0.1) is 21.3 Å². The Hall–Kier alpha value is -7.26. The second-order valence-electron chi connectivity index (χ2n) is 12.8. The summed E-state index contributed by atoms with van der Waals surface area (Å²) in [6.07, 6.45) is 0. The molecular weight excluding hydrogens is 685 g/mol. The molecule has 9 nitrogen and oxygen atoms in total. The molecule has 0 N–H and O–H groups in total. The topological polar surface area (TPSA) is 105 Å². The van der Waals surface area contributed by atoms with Crippen molar-refractivity contribution in [2.45, 2.75) is 6.92 Å². The minimum atomic E-state index is 0.542. The van der Waals surface area contributed by atoms with Crippen LogP contribution in [0.1, 0.15) is 5.56 Å². The van der Waals surface area contributed by atoms with Crippen LogP contribution in [0.25, 0.3) is 79.5 Å². The number of methoxy groups -OCH3 is 3. The second-order valence-corrected chi connectivity index (χ2v) is 12.8. The largest absolute Gasteiger partial charge is 0.497 e. The van der Waals surface area contributed by atoms with E-state index in [4.69, 9.17) is 44.1 Å². The summed E-state index contributed by atoms with van der Waals surface area (Å²) in [4.78, 5) is 29.4. The summed E-state index contributed by atoms with van der Waals surface area (Å²) >= 11 is 0. The van der Waals surface area contributed by atoms with Crippen molar-refractivity contribution in [1.29, 1.82) is 0 Å². The highest BCUT2D eigenvalue weighted by Gasteiger charge is 2.16. The fraction of sp³-hybridized carbons (Fsp3) is 0.0870. The molecule has 6 aromatic carbocycles. The molecule has 2 aromatic heterocycles. The summed E-state index contributed by atoms with van der Waals surface area (Å²) in [6, 6.07) is 47.8. The smallest absolute Gasteiger partial charge is 0.164 e. The van der Waals surface area contributed by atoms with Gasteiger partial charge in [-0.1, -0.05) is 109 Å². The van der Waals surface area contributed by atoms with Gasteiger partial charge in [0.25, 0.3) is 0 Å². The molecule has 0 spiro atoms. The van der Waals surface area contributed by atoms with E-state index in [9.17, 15) is 0 Å². The zero-order valence-electron chi connectivity index (χ0n) is 30.8. The Kier molecular flexibility index (Phi) is 9.73. The first-order valence-electron chi connectivity index (χ1n) is 17.7. The molecule has 0 atom stereocenters. The monoisotopic (exact) mass is 720 g/mol. The lowest BCUT2D eigenvalue weighted by molar-refractivity contribution is 0.415. The Morgan fingerprint density at radius 1 is 0.291 bits per heavy atom. The SMILES string of the molecule is COc1cccc(-c2nc(-c3ccc(-c4ccc(-c5nc(-c6cccc(OC)c6)nc(-c6cccc(OC)c6)n5)cc4)cc3)nc(-c3cccc(C)c3)n2)c1. The number of rotatable bonds is 10. The van der Waals surface area contributed by atoms with Crippen molar-refractivity contribution < 1.29 is 14.2 Å². The van der Waals surface area contributed by atoms with Crippen LogP contribution in [-0.4, -0.2) is 51.2 Å². The van der Waals surface area contributed by atoms with E-state index in [0.29, 0.717) is 34.9 Å². The van der Waals surface area contributed by atoms with Crippen molar-refractivity contribution in [1.82, 2.24) is 29.9 Å². The predicted octanol–water partition coefficient (Wildman–Crippen LogP) is 10.1. The van der Waals surface area contributed by atoms with Gasteiger partial charge in [-0.25, -0.2) is 29.9 Å². The fourth-order valence-electron chi connectivity index (χ4n) is 6.22. The van der Waals surface area contributed by atoms with Crippen LogP contribution in [0.5, 0.6) is 17.2 Å². The third-order valence-electron chi connectivity index (χ3n) is 9.15. The predicted molar refractivity (Wildman–Crippen MR) is 216 cm³/mol. The number of ether oxygens (including phenoxy) is 3. The van der Waals surface area contributed by atoms with E-state index in [1.54, 1.807) is 21.3 Å². The van der Waals surface area contributed by atoms with Gasteiger partial charge in [0, 0.05) is 33.4 Å². The standard InChI is InChI=1S/C46H36N6O3/c1-29-9-5-10-34(25-29)43-47-41(48-44(51-43)35-11-6-14-38(26-35)53-2)32-21-17-30(18-22-32)31-19-23-33(24-20-31)42-49-45(36-12-7-15-39(27-36)54-3)52-46(50-42)37-13-8-16-40(28-37)55-4/h5-28H,1-4H3. The maximum absolute atomic E-state index is 5.48. The lowest BCUT2D eigenvalue weighted by Crippen LogP contribution is -2.00. The third-order valence-corrected chi connectivity index (χ3v) is 9.15. The minimum absolute atomic E-state index is 0.542. The van der Waals surface area contributed by atoms with E-state index in [1.807, 2.05) is 109 Å². The number of nitrogens with zero attached hydrogens (tertiary/aromatic N) is 6. The van der Waals surface area contributed by atoms with Crippen LogP contribution in [0, 0.1) is 6.92 Å². The number of benzene rings is 6. The van der Waals surface area contributed by atoms with Crippen molar-refractivity contribution in [2.75, 3.05) is 21.3 Å². The first-order chi connectivity index (χ1) is 27.0. The normalized spacial score (nSPS) is 10.9. The van der Waals surface area contributed by atoms with Crippen molar-refractivity contribution in [2.24, 2.45) is 0 Å². The minimum Gasteiger partial charge on any atom is -0.497 e. The van der Waals surface area contributed by atoms with E-state index in [0.717, 1.165) is 67.3 Å². The molecule has 0 fully saturated rings. The summed E-state index contributed by atoms with van der Waals surface area (Å²) < 4.78 is 16.4. The van der Waals surface area contributed by atoms with Crippen LogP contribution < -0.4 is 14.2 Å². The molecule has 0 saturated carbocycles. The molecule has 0 unspecified atom stereocenters. The number of aromatic nitrogens is 6. The quantitative estimate of drug-likeness (QED) is 0.136. The summed E-state index contributed by atoms with van der Waals surface area (Å²) in [5.41, 5.74) is 8.36. The molecule has 0 radical (unpaired) electrons. The fourth-order valence-corrected chi connectivity index (χ4v) is 6.22. The molecule has 0 aliphatic heterocycles. The molecule has 0 amide bonds. The van der Waals surface area contributed by atoms with E-state index < -0.39 is 0 Å². The van der Waals surface area contributed by atoms with Crippen molar-refractivity contribution in [3.05, 3.63) is 151 Å². The van der Waals surface area contributed by atoms with Gasteiger partial charge in [0.1, 0.15) is 17.2 Å². The van der Waals surface area contributed by atoms with Crippen LogP contribution in [-0.2, 0) is 0 Å². The van der Waals surface area contributed by atoms with Gasteiger partial charge in [0.15, 0.2) is 34.9 Å². The van der Waals surface area contributed by atoms with Gasteiger partial charge < -0.3 is 14.2 Å². The molecular formula is C46H36N6O3. The summed E-state index contributed by atoms with van der Waals surface area (Å²) in [5.74, 6) is 5.57. The van der Waals surface area contributed by atoms with Gasteiger partial charge >= 0.3 is 0 Å². The molecule has 0 bridgehead atoms. The van der Waals surface area contributed by atoms with Gasteiger partial charge in [-0.05, 0) is 60.5 Å². The zero-order chi connectivity index (χ0) is 37.7. The van der Waals surface area contributed by atoms with E-state index in [1.165, 1.54) is 0 Å².